The van der Waals surface area contributed by atoms with E-state index in [0.29, 0.717) is 16.5 Å². The number of benzene rings is 3. The summed E-state index contributed by atoms with van der Waals surface area (Å²) in [4.78, 5) is 64.8. The van der Waals surface area contributed by atoms with Crippen LogP contribution in [-0.2, 0) is 16.0 Å². The summed E-state index contributed by atoms with van der Waals surface area (Å²) in [7, 11) is 0. The van der Waals surface area contributed by atoms with Gasteiger partial charge in [-0.25, -0.2) is 4.98 Å². The zero-order valence-electron chi connectivity index (χ0n) is 23.6. The maximum absolute atomic E-state index is 14.0. The number of furan rings is 1. The van der Waals surface area contributed by atoms with Crippen LogP contribution in [0.2, 0.25) is 0 Å². The van der Waals surface area contributed by atoms with Gasteiger partial charge in [-0.15, -0.1) is 0 Å². The Morgan fingerprint density at radius 2 is 1.82 bits per heavy atom. The van der Waals surface area contributed by atoms with Gasteiger partial charge in [0, 0.05) is 41.0 Å². The van der Waals surface area contributed by atoms with Gasteiger partial charge in [-0.05, 0) is 24.1 Å². The summed E-state index contributed by atoms with van der Waals surface area (Å²) in [5.74, 6) is -1.58. The lowest BCUT2D eigenvalue weighted by Crippen LogP contribution is -2.37. The van der Waals surface area contributed by atoms with E-state index in [1.165, 1.54) is 36.4 Å². The van der Waals surface area contributed by atoms with Crippen LogP contribution in [0.1, 0.15) is 19.4 Å². The predicted octanol–water partition coefficient (Wildman–Crippen LogP) is 5.89. The molecule has 15 heteroatoms. The van der Waals surface area contributed by atoms with Gasteiger partial charge in [-0.2, -0.15) is 0 Å². The first-order valence-electron chi connectivity index (χ1n) is 13.7. The summed E-state index contributed by atoms with van der Waals surface area (Å²) in [5.41, 5.74) is 0.719. The molecule has 5 aromatic rings. The molecule has 2 N–H and O–H groups in total. The molecule has 2 unspecified atom stereocenters. The molecular formula is C30H23N5O9S. The fourth-order valence-corrected chi connectivity index (χ4v) is 6.08. The van der Waals surface area contributed by atoms with Crippen molar-refractivity contribution in [1.82, 2.24) is 10.3 Å². The zero-order chi connectivity index (χ0) is 32.0. The Kier molecular flexibility index (Phi) is 7.54. The van der Waals surface area contributed by atoms with E-state index < -0.39 is 44.2 Å². The average Bonchev–Trinajstić information content (AvgIpc) is 3.51. The number of aromatic nitrogens is 1. The quantitative estimate of drug-likeness (QED) is 0.112. The van der Waals surface area contributed by atoms with Gasteiger partial charge < -0.3 is 14.5 Å². The van der Waals surface area contributed by atoms with E-state index in [1.807, 2.05) is 0 Å². The normalized spacial score (nSPS) is 15.5. The van der Waals surface area contributed by atoms with Crippen molar-refractivity contribution in [1.29, 1.82) is 0 Å². The summed E-state index contributed by atoms with van der Waals surface area (Å²) in [5, 5.41) is 28.2. The lowest BCUT2D eigenvalue weighted by atomic mass is 10.0. The molecule has 1 fully saturated rings. The van der Waals surface area contributed by atoms with E-state index in [-0.39, 0.29) is 51.2 Å². The first-order valence-corrected chi connectivity index (χ1v) is 14.5. The molecule has 6 rings (SSSR count). The fraction of sp³-hybridized carbons (Fsp3) is 0.200. The summed E-state index contributed by atoms with van der Waals surface area (Å²) in [6.45, 7) is 3.47. The van der Waals surface area contributed by atoms with Crippen molar-refractivity contribution in [3.63, 3.8) is 0 Å². The van der Waals surface area contributed by atoms with Crippen LogP contribution in [-0.4, -0.2) is 43.2 Å². The average molecular weight is 630 g/mol. The van der Waals surface area contributed by atoms with Crippen LogP contribution in [0.5, 0.6) is 5.95 Å². The number of rotatable bonds is 9. The molecule has 45 heavy (non-hydrogen) atoms. The number of thioether (sulfide) groups is 1. The van der Waals surface area contributed by atoms with E-state index in [2.05, 4.69) is 15.6 Å². The van der Waals surface area contributed by atoms with Crippen molar-refractivity contribution in [2.45, 2.75) is 31.6 Å². The SMILES string of the molecule is CC(C)C(Oc1oc2ccccc2c1CC1SC(=O)NC1=O)C(=O)Nc1c2ccc([N+](=O)[O-])cc2nc2cccc([N+](=O)[O-])c12. The van der Waals surface area contributed by atoms with Crippen LogP contribution in [0.15, 0.2) is 65.1 Å². The van der Waals surface area contributed by atoms with E-state index in [9.17, 15) is 34.6 Å². The Bertz CT molecular complexity index is 2080. The van der Waals surface area contributed by atoms with Crippen molar-refractivity contribution in [3.05, 3.63) is 86.5 Å². The number of amides is 3. The molecule has 14 nitrogen and oxygen atoms in total. The van der Waals surface area contributed by atoms with Gasteiger partial charge in [-0.3, -0.25) is 39.9 Å². The summed E-state index contributed by atoms with van der Waals surface area (Å²) < 4.78 is 12.2. The molecule has 0 bridgehead atoms. The number of pyridine rings is 1. The molecule has 0 saturated carbocycles. The van der Waals surface area contributed by atoms with Crippen LogP contribution in [0, 0.1) is 26.1 Å². The number of imide groups is 1. The number of nitrogens with zero attached hydrogens (tertiary/aromatic N) is 3. The monoisotopic (exact) mass is 629 g/mol. The van der Waals surface area contributed by atoms with Crippen molar-refractivity contribution >= 4 is 78.7 Å². The molecule has 0 spiro atoms. The minimum Gasteiger partial charge on any atom is -0.451 e. The number of nitrogens with one attached hydrogen (secondary N) is 2. The number of hydrogen-bond donors (Lipinski definition) is 2. The summed E-state index contributed by atoms with van der Waals surface area (Å²) >= 11 is 0.852. The highest BCUT2D eigenvalue weighted by atomic mass is 32.2. The van der Waals surface area contributed by atoms with Crippen molar-refractivity contribution in [3.8, 4) is 5.95 Å². The number of ether oxygens (including phenoxy) is 1. The Morgan fingerprint density at radius 3 is 2.51 bits per heavy atom. The van der Waals surface area contributed by atoms with Crippen LogP contribution in [0.3, 0.4) is 0 Å². The number of hydrogen-bond acceptors (Lipinski definition) is 11. The van der Waals surface area contributed by atoms with Gasteiger partial charge in [0.1, 0.15) is 11.0 Å². The number of non-ortho nitro benzene ring substituents is 2. The molecule has 2 aromatic heterocycles. The van der Waals surface area contributed by atoms with Gasteiger partial charge >= 0.3 is 0 Å². The molecule has 228 valence electrons. The van der Waals surface area contributed by atoms with Gasteiger partial charge in [0.15, 0.2) is 6.10 Å². The largest absolute Gasteiger partial charge is 0.451 e. The minimum atomic E-state index is -1.20. The molecule has 3 amide bonds. The number of anilines is 1. The van der Waals surface area contributed by atoms with Gasteiger partial charge in [-0.1, -0.05) is 49.9 Å². The first-order chi connectivity index (χ1) is 21.5. The lowest BCUT2D eigenvalue weighted by Gasteiger charge is -2.22. The maximum atomic E-state index is 14.0. The summed E-state index contributed by atoms with van der Waals surface area (Å²) in [6, 6.07) is 15.1. The van der Waals surface area contributed by atoms with E-state index in [1.54, 1.807) is 38.1 Å². The Balaban J connectivity index is 1.42. The minimum absolute atomic E-state index is 0.0103. The molecule has 1 saturated heterocycles. The Morgan fingerprint density at radius 1 is 1.04 bits per heavy atom. The molecule has 0 aliphatic carbocycles. The summed E-state index contributed by atoms with van der Waals surface area (Å²) in [6.07, 6.45) is -1.11. The number of fused-ring (bicyclic) bond motifs is 3. The number of para-hydroxylation sites is 1. The van der Waals surface area contributed by atoms with Crippen molar-refractivity contribution in [2.75, 3.05) is 5.32 Å². The predicted molar refractivity (Wildman–Crippen MR) is 165 cm³/mol. The zero-order valence-corrected chi connectivity index (χ0v) is 24.5. The highest BCUT2D eigenvalue weighted by Crippen LogP contribution is 2.39. The number of nitro benzene ring substituents is 2. The smallest absolute Gasteiger partial charge is 0.289 e. The van der Waals surface area contributed by atoms with Crippen molar-refractivity contribution < 1.29 is 33.4 Å². The number of carbonyl (C=O) groups excluding carboxylic acids is 3. The maximum Gasteiger partial charge on any atom is 0.289 e. The number of nitro groups is 2. The third-order valence-electron chi connectivity index (χ3n) is 7.33. The Labute approximate surface area is 257 Å². The highest BCUT2D eigenvalue weighted by Gasteiger charge is 2.35. The topological polar surface area (TPSA) is 197 Å². The van der Waals surface area contributed by atoms with Crippen molar-refractivity contribution in [2.24, 2.45) is 5.92 Å². The second kappa shape index (κ2) is 11.5. The van der Waals surface area contributed by atoms with Crippen LogP contribution in [0.4, 0.5) is 21.9 Å². The molecule has 1 aliphatic heterocycles. The third kappa shape index (κ3) is 5.48. The lowest BCUT2D eigenvalue weighted by molar-refractivity contribution is -0.384. The standard InChI is InChI=1S/C30H23N5O9S/c1-14(2)26(44-29-18(13-23-27(36)33-30(38)45-23)16-6-3-4-9-22(16)43-29)28(37)32-25-17-11-10-15(34(39)40)12-20(17)31-19-7-5-8-21(24(19)25)35(41)42/h3-12,14,23,26H,13H2,1-2H3,(H,31,32,37)(H,33,36,38). The Hall–Kier alpha value is -5.57. The highest BCUT2D eigenvalue weighted by molar-refractivity contribution is 8.15. The van der Waals surface area contributed by atoms with Gasteiger partial charge in [0.2, 0.25) is 5.91 Å². The molecular weight excluding hydrogens is 606 g/mol. The van der Waals surface area contributed by atoms with Crippen LogP contribution in [0.25, 0.3) is 32.8 Å². The molecule has 2 atom stereocenters. The first kappa shape index (κ1) is 29.5. The third-order valence-corrected chi connectivity index (χ3v) is 8.31. The number of carbonyl (C=O) groups is 3. The van der Waals surface area contributed by atoms with E-state index in [0.717, 1.165) is 11.8 Å². The fourth-order valence-electron chi connectivity index (χ4n) is 5.24. The van der Waals surface area contributed by atoms with Crippen LogP contribution >= 0.6 is 11.8 Å². The molecule has 1 aliphatic rings. The van der Waals surface area contributed by atoms with E-state index in [4.69, 9.17) is 9.15 Å². The second-order valence-electron chi connectivity index (χ2n) is 10.6. The van der Waals surface area contributed by atoms with E-state index >= 15 is 0 Å². The molecule has 3 aromatic carbocycles. The van der Waals surface area contributed by atoms with Gasteiger partial charge in [0.25, 0.3) is 28.5 Å². The second-order valence-corrected chi connectivity index (χ2v) is 11.8. The van der Waals surface area contributed by atoms with Crippen LogP contribution < -0.4 is 15.4 Å². The molecule has 3 heterocycles. The van der Waals surface area contributed by atoms with Gasteiger partial charge in [0.05, 0.1) is 31.8 Å². The molecule has 0 radical (unpaired) electrons.